The van der Waals surface area contributed by atoms with Gasteiger partial charge in [-0.2, -0.15) is 0 Å². The zero-order chi connectivity index (χ0) is 13.1. The summed E-state index contributed by atoms with van der Waals surface area (Å²) in [7, 11) is 0. The average Bonchev–Trinajstić information content (AvgIpc) is 2.29. The molecular weight excluding hydrogens is 218 g/mol. The van der Waals surface area contributed by atoms with Gasteiger partial charge in [0, 0.05) is 19.5 Å². The fourth-order valence-electron chi connectivity index (χ4n) is 1.77. The van der Waals surface area contributed by atoms with E-state index in [4.69, 9.17) is 5.73 Å². The maximum absolute atomic E-state index is 12.1. The van der Waals surface area contributed by atoms with Crippen molar-refractivity contribution in [1.29, 1.82) is 0 Å². The molecule has 0 saturated carbocycles. The molecule has 1 aliphatic heterocycles. The first-order chi connectivity index (χ1) is 7.89. The van der Waals surface area contributed by atoms with E-state index in [-0.39, 0.29) is 29.2 Å². The van der Waals surface area contributed by atoms with Crippen LogP contribution in [0.15, 0.2) is 0 Å². The fraction of sp³-hybridized carbons (Fsp3) is 0.833. The number of nitrogens with two attached hydrogens (primary N) is 1. The van der Waals surface area contributed by atoms with Crippen LogP contribution >= 0.6 is 0 Å². The van der Waals surface area contributed by atoms with Crippen LogP contribution in [0.25, 0.3) is 0 Å². The van der Waals surface area contributed by atoms with Gasteiger partial charge in [0.05, 0.1) is 11.5 Å². The largest absolute Gasteiger partial charge is 0.355 e. The zero-order valence-corrected chi connectivity index (χ0v) is 10.9. The molecule has 1 saturated heterocycles. The van der Waals surface area contributed by atoms with Gasteiger partial charge in [-0.15, -0.1) is 0 Å². The molecule has 4 N–H and O–H groups in total. The van der Waals surface area contributed by atoms with Crippen molar-refractivity contribution in [2.75, 3.05) is 13.1 Å². The topological polar surface area (TPSA) is 84.2 Å². The highest BCUT2D eigenvalue weighted by Crippen LogP contribution is 2.18. The molecular formula is C12H23N3O2. The van der Waals surface area contributed by atoms with E-state index in [9.17, 15) is 9.59 Å². The molecule has 0 bridgehead atoms. The predicted molar refractivity (Wildman–Crippen MR) is 66.2 cm³/mol. The lowest BCUT2D eigenvalue weighted by atomic mass is 9.87. The maximum Gasteiger partial charge on any atom is 0.225 e. The maximum atomic E-state index is 12.1. The van der Waals surface area contributed by atoms with Crippen LogP contribution in [0.2, 0.25) is 0 Å². The Morgan fingerprint density at radius 2 is 2.29 bits per heavy atom. The molecule has 1 fully saturated rings. The van der Waals surface area contributed by atoms with E-state index in [2.05, 4.69) is 10.6 Å². The first-order valence-corrected chi connectivity index (χ1v) is 6.18. The molecule has 0 radical (unpaired) electrons. The molecule has 17 heavy (non-hydrogen) atoms. The fourth-order valence-corrected chi connectivity index (χ4v) is 1.77. The Morgan fingerprint density at radius 1 is 1.65 bits per heavy atom. The van der Waals surface area contributed by atoms with Crippen molar-refractivity contribution < 1.29 is 9.59 Å². The molecule has 0 spiro atoms. The molecule has 2 unspecified atom stereocenters. The SMILES string of the molecule is CC(C)C(C)(CN)NC(=O)C1CCC(=O)NC1. The summed E-state index contributed by atoms with van der Waals surface area (Å²) in [5, 5.41) is 5.73. The van der Waals surface area contributed by atoms with E-state index in [1.807, 2.05) is 20.8 Å². The molecule has 2 atom stereocenters. The summed E-state index contributed by atoms with van der Waals surface area (Å²) in [6.45, 7) is 6.88. The molecule has 0 aliphatic carbocycles. The van der Waals surface area contributed by atoms with Crippen LogP contribution in [-0.4, -0.2) is 30.4 Å². The van der Waals surface area contributed by atoms with Crippen molar-refractivity contribution in [3.05, 3.63) is 0 Å². The summed E-state index contributed by atoms with van der Waals surface area (Å²) in [5.41, 5.74) is 5.35. The number of piperidine rings is 1. The Hall–Kier alpha value is -1.10. The smallest absolute Gasteiger partial charge is 0.225 e. The Balaban J connectivity index is 2.56. The number of hydrogen-bond acceptors (Lipinski definition) is 3. The minimum atomic E-state index is -0.376. The van der Waals surface area contributed by atoms with Crippen LogP contribution in [0.5, 0.6) is 0 Å². The van der Waals surface area contributed by atoms with Crippen LogP contribution in [-0.2, 0) is 9.59 Å². The van der Waals surface area contributed by atoms with Gasteiger partial charge in [0.15, 0.2) is 0 Å². The monoisotopic (exact) mass is 241 g/mol. The molecule has 1 rings (SSSR count). The minimum absolute atomic E-state index is 0.00773. The molecule has 98 valence electrons. The Labute approximate surface area is 103 Å². The zero-order valence-electron chi connectivity index (χ0n) is 10.9. The van der Waals surface area contributed by atoms with Crippen molar-refractivity contribution in [3.8, 4) is 0 Å². The van der Waals surface area contributed by atoms with Crippen molar-refractivity contribution in [2.45, 2.75) is 39.2 Å². The summed E-state index contributed by atoms with van der Waals surface area (Å²) < 4.78 is 0. The van der Waals surface area contributed by atoms with Gasteiger partial charge >= 0.3 is 0 Å². The molecule has 1 heterocycles. The van der Waals surface area contributed by atoms with Crippen molar-refractivity contribution in [1.82, 2.24) is 10.6 Å². The minimum Gasteiger partial charge on any atom is -0.355 e. The van der Waals surface area contributed by atoms with E-state index in [0.717, 1.165) is 0 Å². The van der Waals surface area contributed by atoms with Gasteiger partial charge in [-0.3, -0.25) is 9.59 Å². The lowest BCUT2D eigenvalue weighted by Crippen LogP contribution is -2.57. The summed E-state index contributed by atoms with van der Waals surface area (Å²) >= 11 is 0. The second kappa shape index (κ2) is 5.49. The number of hydrogen-bond donors (Lipinski definition) is 3. The Kier molecular flexibility index (Phi) is 4.51. The third-order valence-electron chi connectivity index (χ3n) is 3.74. The van der Waals surface area contributed by atoms with Crippen LogP contribution in [0, 0.1) is 11.8 Å². The molecule has 0 aromatic heterocycles. The predicted octanol–water partition coefficient (Wildman–Crippen LogP) is 0.00220. The molecule has 0 aromatic carbocycles. The first kappa shape index (κ1) is 14.0. The van der Waals surface area contributed by atoms with E-state index >= 15 is 0 Å². The van der Waals surface area contributed by atoms with Crippen LogP contribution < -0.4 is 16.4 Å². The molecule has 5 nitrogen and oxygen atoms in total. The standard InChI is InChI=1S/C12H23N3O2/c1-8(2)12(3,7-13)15-11(17)9-4-5-10(16)14-6-9/h8-9H,4-7,13H2,1-3H3,(H,14,16)(H,15,17). The van der Waals surface area contributed by atoms with E-state index < -0.39 is 0 Å². The number of amides is 2. The lowest BCUT2D eigenvalue weighted by Gasteiger charge is -2.35. The van der Waals surface area contributed by atoms with Gasteiger partial charge in [-0.05, 0) is 19.3 Å². The Bertz CT molecular complexity index is 294. The van der Waals surface area contributed by atoms with Gasteiger partial charge in [0.25, 0.3) is 0 Å². The lowest BCUT2D eigenvalue weighted by molar-refractivity contribution is -0.130. The molecule has 5 heteroatoms. The quantitative estimate of drug-likeness (QED) is 0.648. The van der Waals surface area contributed by atoms with E-state index in [1.165, 1.54) is 0 Å². The summed E-state index contributed by atoms with van der Waals surface area (Å²) in [6.07, 6.45) is 1.05. The van der Waals surface area contributed by atoms with E-state index in [0.29, 0.717) is 25.9 Å². The third-order valence-corrected chi connectivity index (χ3v) is 3.74. The highest BCUT2D eigenvalue weighted by atomic mass is 16.2. The van der Waals surface area contributed by atoms with Crippen molar-refractivity contribution in [3.63, 3.8) is 0 Å². The van der Waals surface area contributed by atoms with Crippen molar-refractivity contribution in [2.24, 2.45) is 17.6 Å². The van der Waals surface area contributed by atoms with Crippen LogP contribution in [0.3, 0.4) is 0 Å². The summed E-state index contributed by atoms with van der Waals surface area (Å²) in [5.74, 6) is 0.165. The average molecular weight is 241 g/mol. The number of carbonyl (C=O) groups is 2. The van der Waals surface area contributed by atoms with Gasteiger partial charge in [0.1, 0.15) is 0 Å². The molecule has 1 aliphatic rings. The Morgan fingerprint density at radius 3 is 2.71 bits per heavy atom. The number of nitrogens with one attached hydrogen (secondary N) is 2. The van der Waals surface area contributed by atoms with E-state index in [1.54, 1.807) is 0 Å². The van der Waals surface area contributed by atoms with Gasteiger partial charge in [0.2, 0.25) is 11.8 Å². The number of carbonyl (C=O) groups excluding carboxylic acids is 2. The highest BCUT2D eigenvalue weighted by Gasteiger charge is 2.32. The second-order valence-electron chi connectivity index (χ2n) is 5.31. The van der Waals surface area contributed by atoms with Crippen molar-refractivity contribution >= 4 is 11.8 Å². The second-order valence-corrected chi connectivity index (χ2v) is 5.31. The van der Waals surface area contributed by atoms with Gasteiger partial charge < -0.3 is 16.4 Å². The van der Waals surface area contributed by atoms with Gasteiger partial charge in [-0.25, -0.2) is 0 Å². The summed E-state index contributed by atoms with van der Waals surface area (Å²) in [6, 6.07) is 0. The summed E-state index contributed by atoms with van der Waals surface area (Å²) in [4.78, 5) is 23.1. The first-order valence-electron chi connectivity index (χ1n) is 6.18. The number of rotatable bonds is 4. The third kappa shape index (κ3) is 3.43. The van der Waals surface area contributed by atoms with Crippen LogP contribution in [0.1, 0.15) is 33.6 Å². The molecule has 2 amide bonds. The van der Waals surface area contributed by atoms with Gasteiger partial charge in [-0.1, -0.05) is 13.8 Å². The highest BCUT2D eigenvalue weighted by molar-refractivity contribution is 5.84. The molecule has 0 aromatic rings. The normalized spacial score (nSPS) is 24.1. The van der Waals surface area contributed by atoms with Crippen LogP contribution in [0.4, 0.5) is 0 Å².